The zero-order valence-corrected chi connectivity index (χ0v) is 8.61. The summed E-state index contributed by atoms with van der Waals surface area (Å²) in [5.74, 6) is 0.454. The van der Waals surface area contributed by atoms with Crippen LogP contribution in [0.5, 0.6) is 5.75 Å². The van der Waals surface area contributed by atoms with E-state index in [9.17, 15) is 4.79 Å². The molecule has 1 N–H and O–H groups in total. The van der Waals surface area contributed by atoms with E-state index >= 15 is 0 Å². The summed E-state index contributed by atoms with van der Waals surface area (Å²) in [5.41, 5.74) is 0. The van der Waals surface area contributed by atoms with Gasteiger partial charge in [-0.15, -0.1) is 0 Å². The molecule has 1 aromatic rings. The van der Waals surface area contributed by atoms with Crippen LogP contribution < -0.4 is 10.1 Å². The normalized spacial score (nSPS) is 20.9. The second-order valence-electron chi connectivity index (χ2n) is 3.74. The number of rotatable bonds is 2. The molecule has 80 valence electrons. The third-order valence-corrected chi connectivity index (χ3v) is 2.56. The van der Waals surface area contributed by atoms with Crippen molar-refractivity contribution >= 4 is 5.97 Å². The van der Waals surface area contributed by atoms with Crippen molar-refractivity contribution in [3.05, 3.63) is 30.3 Å². The van der Waals surface area contributed by atoms with E-state index < -0.39 is 0 Å². The first-order valence-corrected chi connectivity index (χ1v) is 5.36. The molecule has 3 heteroatoms. The first-order valence-electron chi connectivity index (χ1n) is 5.36. The molecule has 1 fully saturated rings. The second kappa shape index (κ2) is 4.94. The van der Waals surface area contributed by atoms with Gasteiger partial charge in [-0.05, 0) is 31.5 Å². The lowest BCUT2D eigenvalue weighted by Gasteiger charge is -2.21. The van der Waals surface area contributed by atoms with E-state index in [2.05, 4.69) is 5.32 Å². The molecular formula is C12H15NO2. The third-order valence-electron chi connectivity index (χ3n) is 2.56. The number of para-hydroxylation sites is 1. The lowest BCUT2D eigenvalue weighted by atomic mass is 10.1. The van der Waals surface area contributed by atoms with Crippen molar-refractivity contribution in [3.63, 3.8) is 0 Å². The highest BCUT2D eigenvalue weighted by atomic mass is 16.5. The fraction of sp³-hybridized carbons (Fsp3) is 0.417. The summed E-state index contributed by atoms with van der Waals surface area (Å²) in [4.78, 5) is 11.7. The van der Waals surface area contributed by atoms with E-state index in [0.29, 0.717) is 5.75 Å². The van der Waals surface area contributed by atoms with Gasteiger partial charge in [-0.2, -0.15) is 0 Å². The van der Waals surface area contributed by atoms with E-state index in [1.54, 1.807) is 12.1 Å². The summed E-state index contributed by atoms with van der Waals surface area (Å²) in [7, 11) is 0. The molecule has 1 unspecified atom stereocenters. The number of carbonyl (C=O) groups excluding carboxylic acids is 1. The predicted molar refractivity (Wildman–Crippen MR) is 57.7 cm³/mol. The highest BCUT2D eigenvalue weighted by molar-refractivity contribution is 5.78. The van der Waals surface area contributed by atoms with E-state index in [-0.39, 0.29) is 12.0 Å². The maximum Gasteiger partial charge on any atom is 0.328 e. The molecule has 15 heavy (non-hydrogen) atoms. The van der Waals surface area contributed by atoms with Gasteiger partial charge >= 0.3 is 5.97 Å². The summed E-state index contributed by atoms with van der Waals surface area (Å²) < 4.78 is 5.25. The monoisotopic (exact) mass is 205 g/mol. The van der Waals surface area contributed by atoms with Gasteiger partial charge in [0.1, 0.15) is 11.8 Å². The van der Waals surface area contributed by atoms with Crippen molar-refractivity contribution < 1.29 is 9.53 Å². The molecular weight excluding hydrogens is 190 g/mol. The number of carbonyl (C=O) groups is 1. The Morgan fingerprint density at radius 3 is 2.73 bits per heavy atom. The van der Waals surface area contributed by atoms with Crippen LogP contribution in [-0.2, 0) is 4.79 Å². The standard InChI is InChI=1S/C12H15NO2/c14-12(11-8-4-5-9-13-11)15-10-6-2-1-3-7-10/h1-3,6-7,11,13H,4-5,8-9H2. The Hall–Kier alpha value is -1.35. The van der Waals surface area contributed by atoms with Crippen molar-refractivity contribution in [3.8, 4) is 5.75 Å². The van der Waals surface area contributed by atoms with Crippen LogP contribution in [0.3, 0.4) is 0 Å². The molecule has 0 amide bonds. The minimum absolute atomic E-state index is 0.126. The maximum absolute atomic E-state index is 11.7. The smallest absolute Gasteiger partial charge is 0.328 e. The van der Waals surface area contributed by atoms with Gasteiger partial charge in [0.2, 0.25) is 0 Å². The molecule has 1 aliphatic heterocycles. The minimum Gasteiger partial charge on any atom is -0.425 e. The summed E-state index contributed by atoms with van der Waals surface area (Å²) in [6.45, 7) is 0.911. The zero-order chi connectivity index (χ0) is 10.5. The number of benzene rings is 1. The van der Waals surface area contributed by atoms with Gasteiger partial charge in [-0.25, -0.2) is 4.79 Å². The molecule has 0 aliphatic carbocycles. The van der Waals surface area contributed by atoms with E-state index in [1.807, 2.05) is 18.2 Å². The molecule has 3 nitrogen and oxygen atoms in total. The number of piperidine rings is 1. The zero-order valence-electron chi connectivity index (χ0n) is 8.61. The SMILES string of the molecule is O=C(Oc1ccccc1)C1CCCCN1. The molecule has 0 spiro atoms. The second-order valence-corrected chi connectivity index (χ2v) is 3.74. The molecule has 1 aromatic carbocycles. The molecule has 1 saturated heterocycles. The van der Waals surface area contributed by atoms with Crippen LogP contribution in [-0.4, -0.2) is 18.6 Å². The molecule has 0 saturated carbocycles. The van der Waals surface area contributed by atoms with Crippen LogP contribution in [0.2, 0.25) is 0 Å². The lowest BCUT2D eigenvalue weighted by Crippen LogP contribution is -2.42. The lowest BCUT2D eigenvalue weighted by molar-refractivity contribution is -0.137. The Kier molecular flexibility index (Phi) is 3.35. The molecule has 1 heterocycles. The highest BCUT2D eigenvalue weighted by Gasteiger charge is 2.22. The predicted octanol–water partition coefficient (Wildman–Crippen LogP) is 1.73. The van der Waals surface area contributed by atoms with Crippen LogP contribution >= 0.6 is 0 Å². The van der Waals surface area contributed by atoms with Crippen molar-refractivity contribution in [2.24, 2.45) is 0 Å². The van der Waals surface area contributed by atoms with Crippen molar-refractivity contribution in [2.75, 3.05) is 6.54 Å². The Balaban J connectivity index is 1.91. The maximum atomic E-state index is 11.7. The van der Waals surface area contributed by atoms with Gasteiger partial charge in [0.15, 0.2) is 0 Å². The Morgan fingerprint density at radius 1 is 1.27 bits per heavy atom. The Bertz CT molecular complexity index is 318. The van der Waals surface area contributed by atoms with Crippen molar-refractivity contribution in [2.45, 2.75) is 25.3 Å². The molecule has 1 aliphatic rings. The Labute approximate surface area is 89.4 Å². The summed E-state index contributed by atoms with van der Waals surface area (Å²) >= 11 is 0. The van der Waals surface area contributed by atoms with Crippen molar-refractivity contribution in [1.82, 2.24) is 5.32 Å². The Morgan fingerprint density at radius 2 is 2.07 bits per heavy atom. The fourth-order valence-corrected chi connectivity index (χ4v) is 1.73. The quantitative estimate of drug-likeness (QED) is 0.590. The minimum atomic E-state index is -0.166. The van der Waals surface area contributed by atoms with E-state index in [0.717, 1.165) is 25.8 Å². The van der Waals surface area contributed by atoms with Crippen LogP contribution in [0.4, 0.5) is 0 Å². The molecule has 2 rings (SSSR count). The fourth-order valence-electron chi connectivity index (χ4n) is 1.73. The number of esters is 1. The van der Waals surface area contributed by atoms with Crippen LogP contribution in [0.1, 0.15) is 19.3 Å². The highest BCUT2D eigenvalue weighted by Crippen LogP contribution is 2.13. The van der Waals surface area contributed by atoms with Gasteiger partial charge in [0.05, 0.1) is 0 Å². The number of hydrogen-bond donors (Lipinski definition) is 1. The molecule has 1 atom stereocenters. The van der Waals surface area contributed by atoms with Crippen LogP contribution in [0.25, 0.3) is 0 Å². The average molecular weight is 205 g/mol. The van der Waals surface area contributed by atoms with Gasteiger partial charge in [0, 0.05) is 0 Å². The van der Waals surface area contributed by atoms with Gasteiger partial charge in [0.25, 0.3) is 0 Å². The number of nitrogens with one attached hydrogen (secondary N) is 1. The van der Waals surface area contributed by atoms with Gasteiger partial charge in [-0.1, -0.05) is 24.6 Å². The van der Waals surface area contributed by atoms with Crippen molar-refractivity contribution in [1.29, 1.82) is 0 Å². The third kappa shape index (κ3) is 2.80. The topological polar surface area (TPSA) is 38.3 Å². The molecule has 0 aromatic heterocycles. The number of ether oxygens (including phenoxy) is 1. The first-order chi connectivity index (χ1) is 7.36. The van der Waals surface area contributed by atoms with Gasteiger partial charge < -0.3 is 10.1 Å². The molecule has 0 radical (unpaired) electrons. The number of hydrogen-bond acceptors (Lipinski definition) is 3. The largest absolute Gasteiger partial charge is 0.425 e. The first kappa shape index (κ1) is 10.2. The van der Waals surface area contributed by atoms with Crippen LogP contribution in [0.15, 0.2) is 30.3 Å². The summed E-state index contributed by atoms with van der Waals surface area (Å²) in [6.07, 6.45) is 3.13. The average Bonchev–Trinajstić information content (AvgIpc) is 2.31. The molecule has 0 bridgehead atoms. The van der Waals surface area contributed by atoms with E-state index in [4.69, 9.17) is 4.74 Å². The van der Waals surface area contributed by atoms with Gasteiger partial charge in [-0.3, -0.25) is 0 Å². The summed E-state index contributed by atoms with van der Waals surface area (Å²) in [5, 5.41) is 3.16. The van der Waals surface area contributed by atoms with E-state index in [1.165, 1.54) is 0 Å². The summed E-state index contributed by atoms with van der Waals surface area (Å²) in [6, 6.07) is 9.07. The van der Waals surface area contributed by atoms with Crippen LogP contribution in [0, 0.1) is 0 Å².